The third-order valence-corrected chi connectivity index (χ3v) is 3.93. The van der Waals surface area contributed by atoms with E-state index in [0.717, 1.165) is 5.69 Å². The maximum Gasteiger partial charge on any atom is 0.407 e. The second-order valence-corrected chi connectivity index (χ2v) is 5.33. The first-order valence-electron chi connectivity index (χ1n) is 6.61. The molecule has 1 aromatic rings. The largest absolute Gasteiger partial charge is 0.465 e. The summed E-state index contributed by atoms with van der Waals surface area (Å²) in [5.41, 5.74) is 1.69. The summed E-state index contributed by atoms with van der Waals surface area (Å²) in [6, 6.07) is -0.170. The van der Waals surface area contributed by atoms with Crippen molar-refractivity contribution in [2.45, 2.75) is 45.0 Å². The molecule has 0 aromatic carbocycles. The van der Waals surface area contributed by atoms with Gasteiger partial charge in [-0.15, -0.1) is 0 Å². The van der Waals surface area contributed by atoms with Crippen molar-refractivity contribution in [2.24, 2.45) is 0 Å². The number of carbonyl (C=O) groups is 1. The van der Waals surface area contributed by atoms with Crippen molar-refractivity contribution in [3.63, 3.8) is 0 Å². The number of aliphatic hydroxyl groups is 1. The fraction of sp³-hybridized carbons (Fsp3) is 0.538. The predicted molar refractivity (Wildman–Crippen MR) is 68.7 cm³/mol. The Kier molecular flexibility index (Phi) is 3.01. The van der Waals surface area contributed by atoms with Crippen LogP contribution in [0, 0.1) is 0 Å². The average molecular weight is 281 g/mol. The number of rotatable bonds is 0. The van der Waals surface area contributed by atoms with E-state index in [1.54, 1.807) is 4.68 Å². The molecule has 6 nitrogen and oxygen atoms in total. The first-order valence-corrected chi connectivity index (χ1v) is 6.61. The Morgan fingerprint density at radius 1 is 1.55 bits per heavy atom. The van der Waals surface area contributed by atoms with Gasteiger partial charge in [-0.2, -0.15) is 5.10 Å². The van der Waals surface area contributed by atoms with Gasteiger partial charge in [0.15, 0.2) is 0 Å². The molecule has 20 heavy (non-hydrogen) atoms. The zero-order valence-corrected chi connectivity index (χ0v) is 11.1. The fourth-order valence-corrected chi connectivity index (χ4v) is 2.87. The summed E-state index contributed by atoms with van der Waals surface area (Å²) >= 11 is 0. The van der Waals surface area contributed by atoms with Gasteiger partial charge in [0.25, 0.3) is 0 Å². The first-order chi connectivity index (χ1) is 9.47. The van der Waals surface area contributed by atoms with Crippen molar-refractivity contribution in [2.75, 3.05) is 0 Å². The minimum atomic E-state index is -1.01. The summed E-state index contributed by atoms with van der Waals surface area (Å²) in [6.07, 6.45) is 0.215. The molecule has 0 saturated carbocycles. The van der Waals surface area contributed by atoms with Crippen LogP contribution in [0.1, 0.15) is 30.3 Å². The van der Waals surface area contributed by atoms with Gasteiger partial charge in [-0.3, -0.25) is 4.68 Å². The molecule has 3 rings (SSSR count). The third kappa shape index (κ3) is 1.98. The van der Waals surface area contributed by atoms with Crippen LogP contribution in [0.3, 0.4) is 0 Å². The molecular weight excluding hydrogens is 265 g/mol. The Balaban J connectivity index is 2.07. The molecular formula is C13H16FN3O3. The molecule has 2 aliphatic heterocycles. The molecule has 2 unspecified atom stereocenters. The van der Waals surface area contributed by atoms with Gasteiger partial charge in [0, 0.05) is 24.6 Å². The maximum absolute atomic E-state index is 14.2. The Morgan fingerprint density at radius 2 is 2.30 bits per heavy atom. The normalized spacial score (nSPS) is 25.6. The van der Waals surface area contributed by atoms with Crippen molar-refractivity contribution < 1.29 is 19.4 Å². The van der Waals surface area contributed by atoms with Crippen LogP contribution in [0.15, 0.2) is 6.08 Å². The van der Waals surface area contributed by atoms with Crippen molar-refractivity contribution in [3.05, 3.63) is 23.0 Å². The van der Waals surface area contributed by atoms with E-state index in [4.69, 9.17) is 0 Å². The summed E-state index contributed by atoms with van der Waals surface area (Å²) < 4.78 is 15.8. The van der Waals surface area contributed by atoms with Crippen molar-refractivity contribution in [3.8, 4) is 0 Å². The molecule has 0 fully saturated rings. The standard InChI is InChI=1S/C13H16FN3O3/c1-7-4-11-9(6-16(7)13(19)20)12-10(14)5-8(18)2-3-17(12)15-11/h5,7-8,18H,2-4,6H2,1H3,(H,19,20). The molecule has 0 radical (unpaired) electrons. The minimum absolute atomic E-state index is 0.137. The summed E-state index contributed by atoms with van der Waals surface area (Å²) in [7, 11) is 0. The average Bonchev–Trinajstić information content (AvgIpc) is 2.65. The number of carboxylic acid groups (broad SMARTS) is 1. The van der Waals surface area contributed by atoms with Gasteiger partial charge in [0.1, 0.15) is 11.5 Å². The molecule has 0 bridgehead atoms. The quantitative estimate of drug-likeness (QED) is 0.753. The second-order valence-electron chi connectivity index (χ2n) is 5.33. The van der Waals surface area contributed by atoms with Crippen LogP contribution in [0.25, 0.3) is 5.83 Å². The van der Waals surface area contributed by atoms with Crippen molar-refractivity contribution in [1.82, 2.24) is 14.7 Å². The molecule has 1 amide bonds. The first kappa shape index (κ1) is 13.1. The van der Waals surface area contributed by atoms with Crippen LogP contribution >= 0.6 is 0 Å². The number of halogens is 1. The second kappa shape index (κ2) is 4.59. The Morgan fingerprint density at radius 3 is 3.00 bits per heavy atom. The molecule has 3 heterocycles. The van der Waals surface area contributed by atoms with E-state index in [0.29, 0.717) is 30.6 Å². The Bertz CT molecular complexity index is 596. The Labute approximate surface area is 115 Å². The van der Waals surface area contributed by atoms with Gasteiger partial charge in [0.05, 0.1) is 18.3 Å². The lowest BCUT2D eigenvalue weighted by Gasteiger charge is -2.30. The summed E-state index contributed by atoms with van der Waals surface area (Å²) in [4.78, 5) is 12.5. The molecule has 0 spiro atoms. The third-order valence-electron chi connectivity index (χ3n) is 3.93. The molecule has 2 N–H and O–H groups in total. The van der Waals surface area contributed by atoms with E-state index >= 15 is 0 Å². The molecule has 7 heteroatoms. The predicted octanol–water partition coefficient (Wildman–Crippen LogP) is 1.38. The molecule has 2 atom stereocenters. The summed E-state index contributed by atoms with van der Waals surface area (Å²) in [6.45, 7) is 2.38. The van der Waals surface area contributed by atoms with Gasteiger partial charge < -0.3 is 15.1 Å². The minimum Gasteiger partial charge on any atom is -0.465 e. The van der Waals surface area contributed by atoms with Gasteiger partial charge >= 0.3 is 6.09 Å². The highest BCUT2D eigenvalue weighted by atomic mass is 19.1. The van der Waals surface area contributed by atoms with Crippen LogP contribution in [0.5, 0.6) is 0 Å². The molecule has 2 aliphatic rings. The van der Waals surface area contributed by atoms with Crippen LogP contribution in [-0.4, -0.2) is 43.1 Å². The number of aliphatic hydroxyl groups excluding tert-OH is 1. The zero-order chi connectivity index (χ0) is 14.4. The Hall–Kier alpha value is -1.89. The fourth-order valence-electron chi connectivity index (χ4n) is 2.87. The van der Waals surface area contributed by atoms with Crippen LogP contribution in [-0.2, 0) is 19.5 Å². The molecule has 1 aromatic heterocycles. The van der Waals surface area contributed by atoms with E-state index in [2.05, 4.69) is 5.10 Å². The number of hydrogen-bond donors (Lipinski definition) is 2. The number of nitrogens with zero attached hydrogens (tertiary/aromatic N) is 3. The SMILES string of the molecule is CC1Cc2nn3c(c2CN1C(=O)O)C(F)=CC(O)CC3. The van der Waals surface area contributed by atoms with E-state index in [-0.39, 0.29) is 12.6 Å². The highest BCUT2D eigenvalue weighted by molar-refractivity contribution is 5.68. The number of aryl methyl sites for hydroxylation is 1. The van der Waals surface area contributed by atoms with E-state index < -0.39 is 18.0 Å². The molecule has 108 valence electrons. The number of fused-ring (bicyclic) bond motifs is 3. The summed E-state index contributed by atoms with van der Waals surface area (Å²) in [5, 5.41) is 23.1. The van der Waals surface area contributed by atoms with Crippen molar-refractivity contribution >= 4 is 11.9 Å². The lowest BCUT2D eigenvalue weighted by molar-refractivity contribution is 0.119. The lowest BCUT2D eigenvalue weighted by Crippen LogP contribution is -2.41. The van der Waals surface area contributed by atoms with Crippen LogP contribution in [0.4, 0.5) is 9.18 Å². The zero-order valence-electron chi connectivity index (χ0n) is 11.1. The van der Waals surface area contributed by atoms with Gasteiger partial charge in [0.2, 0.25) is 0 Å². The van der Waals surface area contributed by atoms with Gasteiger partial charge in [-0.1, -0.05) is 0 Å². The van der Waals surface area contributed by atoms with E-state index in [1.165, 1.54) is 11.0 Å². The topological polar surface area (TPSA) is 78.6 Å². The molecule has 0 aliphatic carbocycles. The van der Waals surface area contributed by atoms with E-state index in [1.807, 2.05) is 6.92 Å². The van der Waals surface area contributed by atoms with Crippen LogP contribution in [0.2, 0.25) is 0 Å². The van der Waals surface area contributed by atoms with Gasteiger partial charge in [-0.05, 0) is 19.4 Å². The molecule has 0 saturated heterocycles. The summed E-state index contributed by atoms with van der Waals surface area (Å²) in [5.74, 6) is -0.524. The van der Waals surface area contributed by atoms with Crippen LogP contribution < -0.4 is 0 Å². The smallest absolute Gasteiger partial charge is 0.407 e. The van der Waals surface area contributed by atoms with E-state index in [9.17, 15) is 19.4 Å². The monoisotopic (exact) mass is 281 g/mol. The maximum atomic E-state index is 14.2. The highest BCUT2D eigenvalue weighted by Gasteiger charge is 2.33. The highest BCUT2D eigenvalue weighted by Crippen LogP contribution is 2.32. The number of aromatic nitrogens is 2. The van der Waals surface area contributed by atoms with Gasteiger partial charge in [-0.25, -0.2) is 9.18 Å². The lowest BCUT2D eigenvalue weighted by atomic mass is 9.99. The van der Waals surface area contributed by atoms with Crippen molar-refractivity contribution in [1.29, 1.82) is 0 Å². The number of hydrogen-bond acceptors (Lipinski definition) is 3. The number of amides is 1.